The van der Waals surface area contributed by atoms with Crippen molar-refractivity contribution < 1.29 is 22.9 Å². The van der Waals surface area contributed by atoms with Gasteiger partial charge in [-0.2, -0.15) is 13.2 Å². The number of hydrogen-bond acceptors (Lipinski definition) is 4. The van der Waals surface area contributed by atoms with Crippen LogP contribution in [-0.4, -0.2) is 16.3 Å². The van der Waals surface area contributed by atoms with Crippen LogP contribution in [-0.2, 0) is 0 Å². The normalized spacial score (nSPS) is 11.2. The van der Waals surface area contributed by atoms with Gasteiger partial charge >= 0.3 is 5.51 Å². The minimum Gasteiger partial charge on any atom is -0.366 e. The molecule has 0 saturated carbocycles. The molecule has 0 spiro atoms. The fourth-order valence-corrected chi connectivity index (χ4v) is 1.66. The molecule has 9 heteroatoms. The standard InChI is InChI=1S/C8H5F3N2O3S/c9-8(10,11)17-6-2-4(7(12)14)1-5(3-6)13(15)16/h1-3H,(H2,12,14). The second-order valence-corrected chi connectivity index (χ2v) is 4.02. The first-order chi connectivity index (χ1) is 7.69. The van der Waals surface area contributed by atoms with Crippen LogP contribution in [0.1, 0.15) is 10.4 Å². The molecule has 1 aromatic carbocycles. The van der Waals surface area contributed by atoms with Gasteiger partial charge in [0.1, 0.15) is 0 Å². The molecule has 0 aliphatic rings. The molecule has 1 rings (SSSR count). The van der Waals surface area contributed by atoms with Crippen molar-refractivity contribution in [3.8, 4) is 0 Å². The quantitative estimate of drug-likeness (QED) is 0.516. The maximum atomic E-state index is 12.1. The van der Waals surface area contributed by atoms with Gasteiger partial charge in [0.2, 0.25) is 5.91 Å². The van der Waals surface area contributed by atoms with E-state index in [4.69, 9.17) is 5.73 Å². The molecular formula is C8H5F3N2O3S. The van der Waals surface area contributed by atoms with Crippen molar-refractivity contribution in [3.05, 3.63) is 33.9 Å². The third-order valence-corrected chi connectivity index (χ3v) is 2.32. The lowest BCUT2D eigenvalue weighted by Gasteiger charge is -2.06. The summed E-state index contributed by atoms with van der Waals surface area (Å²) in [5.74, 6) is -1.03. The molecule has 0 fully saturated rings. The zero-order chi connectivity index (χ0) is 13.2. The fourth-order valence-electron chi connectivity index (χ4n) is 1.02. The van der Waals surface area contributed by atoms with Gasteiger partial charge in [0.05, 0.1) is 4.92 Å². The van der Waals surface area contributed by atoms with Crippen molar-refractivity contribution in [2.24, 2.45) is 5.73 Å². The predicted octanol–water partition coefficient (Wildman–Crippen LogP) is 2.31. The molecule has 0 aliphatic heterocycles. The summed E-state index contributed by atoms with van der Waals surface area (Å²) in [4.78, 5) is 19.9. The van der Waals surface area contributed by atoms with Crippen LogP contribution in [0.4, 0.5) is 18.9 Å². The van der Waals surface area contributed by atoms with Gasteiger partial charge in [-0.3, -0.25) is 14.9 Å². The minimum atomic E-state index is -4.59. The molecule has 0 heterocycles. The first-order valence-corrected chi connectivity index (χ1v) is 4.86. The molecule has 1 amide bonds. The van der Waals surface area contributed by atoms with Gasteiger partial charge in [-0.25, -0.2) is 0 Å². The van der Waals surface area contributed by atoms with Gasteiger partial charge < -0.3 is 5.73 Å². The van der Waals surface area contributed by atoms with Gasteiger partial charge in [0.15, 0.2) is 0 Å². The van der Waals surface area contributed by atoms with E-state index >= 15 is 0 Å². The Bertz CT molecular complexity index is 443. The minimum absolute atomic E-state index is 0.342. The maximum absolute atomic E-state index is 12.1. The zero-order valence-electron chi connectivity index (χ0n) is 8.02. The highest BCUT2D eigenvalue weighted by Gasteiger charge is 2.30. The van der Waals surface area contributed by atoms with Gasteiger partial charge in [0, 0.05) is 22.6 Å². The Hall–Kier alpha value is -1.77. The largest absolute Gasteiger partial charge is 0.446 e. The number of thioether (sulfide) groups is 1. The molecular weight excluding hydrogens is 261 g/mol. The van der Waals surface area contributed by atoms with Crippen molar-refractivity contribution in [2.45, 2.75) is 10.4 Å². The lowest BCUT2D eigenvalue weighted by molar-refractivity contribution is -0.385. The molecule has 0 bridgehead atoms. The van der Waals surface area contributed by atoms with Crippen molar-refractivity contribution in [1.82, 2.24) is 0 Å². The van der Waals surface area contributed by atoms with E-state index in [0.717, 1.165) is 18.2 Å². The average Bonchev–Trinajstić information content (AvgIpc) is 2.14. The Balaban J connectivity index is 3.22. The first kappa shape index (κ1) is 13.3. The fraction of sp³-hybridized carbons (Fsp3) is 0.125. The van der Waals surface area contributed by atoms with Crippen LogP contribution >= 0.6 is 11.8 Å². The number of nitro benzene ring substituents is 1. The number of carbonyl (C=O) groups is 1. The number of non-ortho nitro benzene ring substituents is 1. The van der Waals surface area contributed by atoms with Crippen LogP contribution in [0.5, 0.6) is 0 Å². The Morgan fingerprint density at radius 3 is 2.35 bits per heavy atom. The van der Waals surface area contributed by atoms with E-state index in [1.807, 2.05) is 0 Å². The summed E-state index contributed by atoms with van der Waals surface area (Å²) in [5.41, 5.74) is -0.689. The second-order valence-electron chi connectivity index (χ2n) is 2.88. The van der Waals surface area contributed by atoms with Crippen molar-refractivity contribution in [2.75, 3.05) is 0 Å². The van der Waals surface area contributed by atoms with E-state index < -0.39 is 38.7 Å². The highest BCUT2D eigenvalue weighted by atomic mass is 32.2. The smallest absolute Gasteiger partial charge is 0.366 e. The van der Waals surface area contributed by atoms with Crippen LogP contribution in [0.2, 0.25) is 0 Å². The predicted molar refractivity (Wildman–Crippen MR) is 53.5 cm³/mol. The Kier molecular flexibility index (Phi) is 3.61. The number of nitrogens with zero attached hydrogens (tertiary/aromatic N) is 1. The number of halogens is 3. The van der Waals surface area contributed by atoms with Crippen molar-refractivity contribution in [3.63, 3.8) is 0 Å². The van der Waals surface area contributed by atoms with E-state index in [0.29, 0.717) is 0 Å². The van der Waals surface area contributed by atoms with Crippen LogP contribution in [0, 0.1) is 10.1 Å². The molecule has 92 valence electrons. The summed E-state index contributed by atoms with van der Waals surface area (Å²) < 4.78 is 36.3. The van der Waals surface area contributed by atoms with Crippen molar-refractivity contribution in [1.29, 1.82) is 0 Å². The van der Waals surface area contributed by atoms with Crippen LogP contribution in [0.3, 0.4) is 0 Å². The molecule has 2 N–H and O–H groups in total. The molecule has 0 radical (unpaired) electrons. The van der Waals surface area contributed by atoms with Crippen molar-refractivity contribution >= 4 is 23.4 Å². The number of alkyl halides is 3. The number of rotatable bonds is 3. The lowest BCUT2D eigenvalue weighted by Crippen LogP contribution is -2.11. The Morgan fingerprint density at radius 2 is 1.94 bits per heavy atom. The molecule has 17 heavy (non-hydrogen) atoms. The summed E-state index contributed by atoms with van der Waals surface area (Å²) in [6.07, 6.45) is 0. The number of carbonyl (C=O) groups excluding carboxylic acids is 1. The number of nitrogens with two attached hydrogens (primary N) is 1. The van der Waals surface area contributed by atoms with Gasteiger partial charge in [0.25, 0.3) is 5.69 Å². The molecule has 0 atom stereocenters. The van der Waals surface area contributed by atoms with Crippen LogP contribution in [0.25, 0.3) is 0 Å². The number of amides is 1. The number of primary amides is 1. The van der Waals surface area contributed by atoms with E-state index in [9.17, 15) is 28.1 Å². The Morgan fingerprint density at radius 1 is 1.35 bits per heavy atom. The number of nitro groups is 1. The lowest BCUT2D eigenvalue weighted by atomic mass is 10.2. The summed E-state index contributed by atoms with van der Waals surface area (Å²) in [6, 6.07) is 2.40. The van der Waals surface area contributed by atoms with E-state index in [-0.39, 0.29) is 5.56 Å². The van der Waals surface area contributed by atoms with Gasteiger partial charge in [-0.15, -0.1) is 0 Å². The SMILES string of the molecule is NC(=O)c1cc(SC(F)(F)F)cc([N+](=O)[O-])c1. The van der Waals surface area contributed by atoms with E-state index in [2.05, 4.69) is 0 Å². The number of hydrogen-bond donors (Lipinski definition) is 1. The average molecular weight is 266 g/mol. The molecule has 1 aromatic rings. The van der Waals surface area contributed by atoms with Crippen LogP contribution < -0.4 is 5.73 Å². The third kappa shape index (κ3) is 3.94. The Labute approximate surface area is 96.9 Å². The van der Waals surface area contributed by atoms with Gasteiger partial charge in [-0.05, 0) is 17.8 Å². The number of benzene rings is 1. The zero-order valence-corrected chi connectivity index (χ0v) is 8.84. The van der Waals surface area contributed by atoms with E-state index in [1.165, 1.54) is 0 Å². The topological polar surface area (TPSA) is 86.2 Å². The van der Waals surface area contributed by atoms with Crippen LogP contribution in [0.15, 0.2) is 23.1 Å². The third-order valence-electron chi connectivity index (χ3n) is 1.62. The monoisotopic (exact) mass is 266 g/mol. The highest BCUT2D eigenvalue weighted by molar-refractivity contribution is 8.00. The summed E-state index contributed by atoms with van der Waals surface area (Å²) >= 11 is -0.548. The van der Waals surface area contributed by atoms with Gasteiger partial charge in [-0.1, -0.05) is 0 Å². The molecule has 0 aromatic heterocycles. The van der Waals surface area contributed by atoms with E-state index in [1.54, 1.807) is 0 Å². The summed E-state index contributed by atoms with van der Waals surface area (Å²) in [5, 5.41) is 10.5. The summed E-state index contributed by atoms with van der Waals surface area (Å²) in [6.45, 7) is 0. The highest BCUT2D eigenvalue weighted by Crippen LogP contribution is 2.38. The molecule has 0 saturated heterocycles. The maximum Gasteiger partial charge on any atom is 0.446 e. The molecule has 0 unspecified atom stereocenters. The molecule has 5 nitrogen and oxygen atoms in total. The molecule has 0 aliphatic carbocycles. The summed E-state index contributed by atoms with van der Waals surface area (Å²) in [7, 11) is 0. The second kappa shape index (κ2) is 4.62. The first-order valence-electron chi connectivity index (χ1n) is 4.04.